The SMILES string of the molecule is C[Si](Cl)(C1=CC=CC1)c1ccccc1. The summed E-state index contributed by atoms with van der Waals surface area (Å²) in [5.74, 6) is 0. The molecule has 0 heterocycles. The summed E-state index contributed by atoms with van der Waals surface area (Å²) in [4.78, 5) is 0. The molecule has 0 saturated heterocycles. The molecule has 2 heteroatoms. The summed E-state index contributed by atoms with van der Waals surface area (Å²) in [6, 6.07) is 10.4. The second-order valence-electron chi connectivity index (χ2n) is 3.69. The predicted octanol–water partition coefficient (Wildman–Crippen LogP) is 3.13. The van der Waals surface area contributed by atoms with E-state index >= 15 is 0 Å². The van der Waals surface area contributed by atoms with Crippen LogP contribution in [0.3, 0.4) is 0 Å². The highest BCUT2D eigenvalue weighted by Crippen LogP contribution is 2.26. The van der Waals surface area contributed by atoms with Crippen LogP contribution in [-0.2, 0) is 0 Å². The molecule has 14 heavy (non-hydrogen) atoms. The normalized spacial score (nSPS) is 19.1. The van der Waals surface area contributed by atoms with Crippen molar-refractivity contribution in [2.75, 3.05) is 0 Å². The van der Waals surface area contributed by atoms with Crippen LogP contribution < -0.4 is 5.19 Å². The van der Waals surface area contributed by atoms with E-state index in [1.807, 2.05) is 6.07 Å². The Labute approximate surface area is 90.6 Å². The molecule has 72 valence electrons. The van der Waals surface area contributed by atoms with Crippen molar-refractivity contribution in [3.8, 4) is 0 Å². The van der Waals surface area contributed by atoms with Crippen LogP contribution in [0.15, 0.2) is 53.8 Å². The number of hydrogen-bond acceptors (Lipinski definition) is 0. The fourth-order valence-electron chi connectivity index (χ4n) is 1.73. The highest BCUT2D eigenvalue weighted by molar-refractivity contribution is 7.30. The molecule has 2 rings (SSSR count). The van der Waals surface area contributed by atoms with Gasteiger partial charge in [-0.15, -0.1) is 0 Å². The lowest BCUT2D eigenvalue weighted by Gasteiger charge is -2.21. The number of hydrogen-bond donors (Lipinski definition) is 0. The monoisotopic (exact) mass is 220 g/mol. The van der Waals surface area contributed by atoms with Crippen molar-refractivity contribution >= 4 is 23.6 Å². The Hall–Kier alpha value is -0.793. The summed E-state index contributed by atoms with van der Waals surface area (Å²) >= 11 is 6.70. The standard InChI is InChI=1S/C12H13ClSi/c1-14(13,12-9-5-6-10-12)11-7-3-2-4-8-11/h2-9H,10H2,1H3. The van der Waals surface area contributed by atoms with Crippen molar-refractivity contribution in [3.63, 3.8) is 0 Å². The summed E-state index contributed by atoms with van der Waals surface area (Å²) in [5.41, 5.74) is 0. The van der Waals surface area contributed by atoms with Crippen molar-refractivity contribution in [1.82, 2.24) is 0 Å². The van der Waals surface area contributed by atoms with Gasteiger partial charge in [0.2, 0.25) is 7.38 Å². The van der Waals surface area contributed by atoms with E-state index in [2.05, 4.69) is 49.0 Å². The van der Waals surface area contributed by atoms with E-state index in [-0.39, 0.29) is 0 Å². The molecule has 1 unspecified atom stereocenters. The molecule has 0 saturated carbocycles. The average Bonchev–Trinajstić information content (AvgIpc) is 2.72. The number of allylic oxidation sites excluding steroid dienone is 4. The first-order chi connectivity index (χ1) is 6.71. The molecule has 1 aliphatic carbocycles. The van der Waals surface area contributed by atoms with E-state index in [0.29, 0.717) is 0 Å². The maximum absolute atomic E-state index is 6.70. The predicted molar refractivity (Wildman–Crippen MR) is 65.4 cm³/mol. The number of halogens is 1. The van der Waals surface area contributed by atoms with Gasteiger partial charge in [0.1, 0.15) is 0 Å². The molecule has 0 fully saturated rings. The molecule has 1 aromatic carbocycles. The minimum absolute atomic E-state index is 1.03. The van der Waals surface area contributed by atoms with Gasteiger partial charge in [0.15, 0.2) is 0 Å². The Morgan fingerprint density at radius 2 is 1.93 bits per heavy atom. The Morgan fingerprint density at radius 1 is 1.21 bits per heavy atom. The topological polar surface area (TPSA) is 0 Å². The minimum atomic E-state index is -1.88. The first-order valence-electron chi connectivity index (χ1n) is 4.82. The molecular weight excluding hydrogens is 208 g/mol. The van der Waals surface area contributed by atoms with E-state index in [9.17, 15) is 0 Å². The van der Waals surface area contributed by atoms with Gasteiger partial charge in [-0.3, -0.25) is 0 Å². The highest BCUT2D eigenvalue weighted by atomic mass is 35.6. The van der Waals surface area contributed by atoms with Gasteiger partial charge >= 0.3 is 0 Å². The lowest BCUT2D eigenvalue weighted by atomic mass is 10.4. The third-order valence-corrected chi connectivity index (χ3v) is 7.07. The Kier molecular flexibility index (Phi) is 2.61. The van der Waals surface area contributed by atoms with Crippen LogP contribution in [0.1, 0.15) is 6.42 Å². The summed E-state index contributed by atoms with van der Waals surface area (Å²) in [5, 5.41) is 2.71. The molecule has 0 aromatic heterocycles. The van der Waals surface area contributed by atoms with Gasteiger partial charge in [0.25, 0.3) is 0 Å². The number of rotatable bonds is 2. The van der Waals surface area contributed by atoms with Crippen LogP contribution >= 0.6 is 11.1 Å². The molecule has 1 aromatic rings. The first-order valence-corrected chi connectivity index (χ1v) is 8.33. The van der Waals surface area contributed by atoms with E-state index < -0.39 is 7.38 Å². The average molecular weight is 221 g/mol. The van der Waals surface area contributed by atoms with Crippen molar-refractivity contribution < 1.29 is 0 Å². The molecule has 1 atom stereocenters. The number of benzene rings is 1. The lowest BCUT2D eigenvalue weighted by Crippen LogP contribution is -2.40. The van der Waals surface area contributed by atoms with Crippen LogP contribution in [0, 0.1) is 0 Å². The van der Waals surface area contributed by atoms with Gasteiger partial charge in [-0.25, -0.2) is 0 Å². The third-order valence-electron chi connectivity index (χ3n) is 2.69. The molecule has 0 N–H and O–H groups in total. The van der Waals surface area contributed by atoms with Crippen molar-refractivity contribution in [2.45, 2.75) is 13.0 Å². The first kappa shape index (κ1) is 9.75. The lowest BCUT2D eigenvalue weighted by molar-refractivity contribution is 1.38. The van der Waals surface area contributed by atoms with Gasteiger partial charge in [-0.05, 0) is 18.2 Å². The van der Waals surface area contributed by atoms with Crippen LogP contribution in [-0.4, -0.2) is 7.38 Å². The molecule has 0 aliphatic heterocycles. The third kappa shape index (κ3) is 1.70. The van der Waals surface area contributed by atoms with Crippen molar-refractivity contribution in [2.24, 2.45) is 0 Å². The van der Waals surface area contributed by atoms with Crippen LogP contribution in [0.25, 0.3) is 0 Å². The molecule has 0 bridgehead atoms. The van der Waals surface area contributed by atoms with Gasteiger partial charge in [-0.1, -0.05) is 53.8 Å². The highest BCUT2D eigenvalue weighted by Gasteiger charge is 2.31. The second kappa shape index (κ2) is 3.75. The fourth-order valence-corrected chi connectivity index (χ4v) is 4.63. The smallest absolute Gasteiger partial charge is 0.155 e. The van der Waals surface area contributed by atoms with E-state index in [0.717, 1.165) is 6.42 Å². The molecule has 1 aliphatic rings. The fraction of sp³-hybridized carbons (Fsp3) is 0.167. The van der Waals surface area contributed by atoms with Crippen LogP contribution in [0.5, 0.6) is 0 Å². The Bertz CT molecular complexity index is 377. The van der Waals surface area contributed by atoms with Gasteiger partial charge < -0.3 is 0 Å². The molecule has 0 amide bonds. The molecular formula is C12H13ClSi. The summed E-state index contributed by atoms with van der Waals surface area (Å²) in [6.45, 7) is 2.20. The van der Waals surface area contributed by atoms with Crippen molar-refractivity contribution in [1.29, 1.82) is 0 Å². The summed E-state index contributed by atoms with van der Waals surface area (Å²) in [6.07, 6.45) is 7.48. The van der Waals surface area contributed by atoms with Crippen LogP contribution in [0.4, 0.5) is 0 Å². The zero-order valence-electron chi connectivity index (χ0n) is 8.20. The minimum Gasteiger partial charge on any atom is -0.155 e. The van der Waals surface area contributed by atoms with Crippen LogP contribution in [0.2, 0.25) is 6.55 Å². The zero-order chi connectivity index (χ0) is 10.0. The van der Waals surface area contributed by atoms with E-state index in [1.54, 1.807) is 0 Å². The van der Waals surface area contributed by atoms with Gasteiger partial charge in [0, 0.05) is 0 Å². The maximum atomic E-state index is 6.70. The molecule has 0 nitrogen and oxygen atoms in total. The summed E-state index contributed by atoms with van der Waals surface area (Å²) in [7, 11) is -1.88. The van der Waals surface area contributed by atoms with E-state index in [4.69, 9.17) is 11.1 Å². The van der Waals surface area contributed by atoms with E-state index in [1.165, 1.54) is 10.4 Å². The largest absolute Gasteiger partial charge is 0.210 e. The second-order valence-corrected chi connectivity index (χ2v) is 9.19. The Morgan fingerprint density at radius 3 is 2.50 bits per heavy atom. The maximum Gasteiger partial charge on any atom is 0.210 e. The van der Waals surface area contributed by atoms with Gasteiger partial charge in [-0.2, -0.15) is 11.1 Å². The van der Waals surface area contributed by atoms with Crippen molar-refractivity contribution in [3.05, 3.63) is 53.8 Å². The molecule has 0 spiro atoms. The zero-order valence-corrected chi connectivity index (χ0v) is 9.96. The van der Waals surface area contributed by atoms with Gasteiger partial charge in [0.05, 0.1) is 0 Å². The Balaban J connectivity index is 2.33. The quantitative estimate of drug-likeness (QED) is 0.531. The molecule has 0 radical (unpaired) electrons. The summed E-state index contributed by atoms with van der Waals surface area (Å²) < 4.78 is 0.